The first-order valence-corrected chi connectivity index (χ1v) is 11.9. The molecule has 120 valence electrons. The molecule has 22 heavy (non-hydrogen) atoms. The zero-order chi connectivity index (χ0) is 16.1. The third kappa shape index (κ3) is 2.73. The van der Waals surface area contributed by atoms with E-state index in [1.807, 2.05) is 0 Å². The van der Waals surface area contributed by atoms with Crippen molar-refractivity contribution in [2.75, 3.05) is 6.61 Å². The van der Waals surface area contributed by atoms with Crippen LogP contribution in [-0.2, 0) is 10.8 Å². The monoisotopic (exact) mass is 354 g/mol. The Morgan fingerprint density at radius 1 is 1.36 bits per heavy atom. The molecule has 0 aromatic carbocycles. The number of fused-ring (bicyclic) bond motifs is 3. The van der Waals surface area contributed by atoms with E-state index < -0.39 is 8.32 Å². The molecule has 0 fully saturated rings. The number of nitrogens with zero attached hydrogens (tertiary/aromatic N) is 2. The summed E-state index contributed by atoms with van der Waals surface area (Å²) in [6.45, 7) is 12.3. The molecule has 2 heterocycles. The molecule has 6 heteroatoms. The van der Waals surface area contributed by atoms with Gasteiger partial charge in [-0.3, -0.25) is 0 Å². The molecule has 0 radical (unpaired) electrons. The van der Waals surface area contributed by atoms with Crippen molar-refractivity contribution in [1.29, 1.82) is 0 Å². The summed E-state index contributed by atoms with van der Waals surface area (Å²) in [5, 5.41) is 1.89. The molecule has 2 aromatic rings. The predicted octanol–water partition coefficient (Wildman–Crippen LogP) is 5.40. The molecule has 3 nitrogen and oxygen atoms in total. The van der Waals surface area contributed by atoms with E-state index in [2.05, 4.69) is 43.8 Å². The van der Waals surface area contributed by atoms with E-state index in [0.29, 0.717) is 11.1 Å². The van der Waals surface area contributed by atoms with Gasteiger partial charge in [-0.1, -0.05) is 32.4 Å². The van der Waals surface area contributed by atoms with E-state index in [0.717, 1.165) is 29.7 Å². The Morgan fingerprint density at radius 2 is 2.09 bits per heavy atom. The quantitative estimate of drug-likeness (QED) is 0.547. The van der Waals surface area contributed by atoms with Crippen molar-refractivity contribution in [2.24, 2.45) is 0 Å². The normalized spacial score (nSPS) is 18.9. The first-order chi connectivity index (χ1) is 10.2. The second kappa shape index (κ2) is 5.55. The zero-order valence-corrected chi connectivity index (χ0v) is 16.4. The van der Waals surface area contributed by atoms with Gasteiger partial charge in [0, 0.05) is 17.4 Å². The summed E-state index contributed by atoms with van der Waals surface area (Å²) in [6, 6.07) is 0. The lowest BCUT2D eigenvalue weighted by Gasteiger charge is -2.37. The highest BCUT2D eigenvalue weighted by molar-refractivity contribution is 7.19. The van der Waals surface area contributed by atoms with Gasteiger partial charge in [0.05, 0.1) is 5.39 Å². The summed E-state index contributed by atoms with van der Waals surface area (Å²) in [5.41, 5.74) is 1.35. The molecular formula is C16H23ClN2OSSi. The van der Waals surface area contributed by atoms with Crippen LogP contribution in [0.5, 0.6) is 0 Å². The van der Waals surface area contributed by atoms with Crippen LogP contribution in [0.25, 0.3) is 10.2 Å². The molecule has 1 atom stereocenters. The Balaban J connectivity index is 1.87. The summed E-state index contributed by atoms with van der Waals surface area (Å²) >= 11 is 8.10. The van der Waals surface area contributed by atoms with Crippen molar-refractivity contribution in [3.63, 3.8) is 0 Å². The van der Waals surface area contributed by atoms with E-state index in [9.17, 15) is 0 Å². The number of thiophene rings is 1. The molecule has 0 unspecified atom stereocenters. The summed E-state index contributed by atoms with van der Waals surface area (Å²) in [4.78, 5) is 11.0. The van der Waals surface area contributed by atoms with Gasteiger partial charge < -0.3 is 4.43 Å². The van der Waals surface area contributed by atoms with Crippen molar-refractivity contribution >= 4 is 41.5 Å². The maximum absolute atomic E-state index is 6.45. The molecule has 1 aliphatic carbocycles. The fraction of sp³-hybridized carbons (Fsp3) is 0.625. The number of aryl methyl sites for hydroxylation is 1. The highest BCUT2D eigenvalue weighted by Crippen LogP contribution is 2.46. The van der Waals surface area contributed by atoms with Crippen LogP contribution in [-0.4, -0.2) is 24.9 Å². The van der Waals surface area contributed by atoms with Gasteiger partial charge in [-0.2, -0.15) is 0 Å². The average Bonchev–Trinajstić information content (AvgIpc) is 2.94. The van der Waals surface area contributed by atoms with E-state index in [4.69, 9.17) is 16.0 Å². The SMILES string of the molecule is CC(C)(C)[Si](C)(C)OC[C@H]1CCc2sc3ncnc(Cl)c3c21. The molecule has 0 saturated carbocycles. The van der Waals surface area contributed by atoms with Gasteiger partial charge in [0.2, 0.25) is 0 Å². The maximum atomic E-state index is 6.45. The third-order valence-corrected chi connectivity index (χ3v) is 11.1. The van der Waals surface area contributed by atoms with E-state index >= 15 is 0 Å². The molecule has 3 rings (SSSR count). The Morgan fingerprint density at radius 3 is 2.77 bits per heavy atom. The Hall–Kier alpha value is -0.493. The minimum absolute atomic E-state index is 0.242. The molecule has 0 spiro atoms. The van der Waals surface area contributed by atoms with Crippen molar-refractivity contribution in [3.8, 4) is 0 Å². The van der Waals surface area contributed by atoms with Crippen LogP contribution >= 0.6 is 22.9 Å². The summed E-state index contributed by atoms with van der Waals surface area (Å²) in [6.07, 6.45) is 3.81. The lowest BCUT2D eigenvalue weighted by molar-refractivity contribution is 0.262. The maximum Gasteiger partial charge on any atom is 0.192 e. The van der Waals surface area contributed by atoms with E-state index in [1.54, 1.807) is 17.7 Å². The second-order valence-electron chi connectivity index (χ2n) is 7.59. The fourth-order valence-electron chi connectivity index (χ4n) is 2.72. The number of halogens is 1. The molecule has 0 N–H and O–H groups in total. The Kier molecular flexibility index (Phi) is 4.13. The van der Waals surface area contributed by atoms with Crippen molar-refractivity contribution in [1.82, 2.24) is 9.97 Å². The molecule has 0 bridgehead atoms. The van der Waals surface area contributed by atoms with Crippen molar-refractivity contribution in [3.05, 3.63) is 21.9 Å². The molecule has 1 aliphatic rings. The minimum Gasteiger partial charge on any atom is -0.416 e. The lowest BCUT2D eigenvalue weighted by atomic mass is 10.0. The van der Waals surface area contributed by atoms with Crippen LogP contribution in [0, 0.1) is 0 Å². The number of hydrogen-bond donors (Lipinski definition) is 0. The zero-order valence-electron chi connectivity index (χ0n) is 13.9. The Bertz CT molecular complexity index is 708. The average molecular weight is 355 g/mol. The molecule has 0 aliphatic heterocycles. The first-order valence-electron chi connectivity index (χ1n) is 7.76. The summed E-state index contributed by atoms with van der Waals surface area (Å²) < 4.78 is 6.45. The minimum atomic E-state index is -1.72. The van der Waals surface area contributed by atoms with E-state index in [-0.39, 0.29) is 5.04 Å². The molecule has 0 saturated heterocycles. The summed E-state index contributed by atoms with van der Waals surface area (Å²) in [5.74, 6) is 0.432. The number of aromatic nitrogens is 2. The third-order valence-electron chi connectivity index (χ3n) is 5.14. The van der Waals surface area contributed by atoms with Gasteiger partial charge in [-0.25, -0.2) is 9.97 Å². The van der Waals surface area contributed by atoms with Gasteiger partial charge in [0.1, 0.15) is 16.3 Å². The molecule has 0 amide bonds. The highest BCUT2D eigenvalue weighted by Gasteiger charge is 2.39. The van der Waals surface area contributed by atoms with Crippen LogP contribution in [0.2, 0.25) is 23.3 Å². The Labute approximate surface area is 142 Å². The van der Waals surface area contributed by atoms with Gasteiger partial charge in [0.15, 0.2) is 8.32 Å². The molecular weight excluding hydrogens is 332 g/mol. The largest absolute Gasteiger partial charge is 0.416 e. The van der Waals surface area contributed by atoms with Crippen LogP contribution < -0.4 is 0 Å². The fourth-order valence-corrected chi connectivity index (χ4v) is 5.31. The lowest BCUT2D eigenvalue weighted by Crippen LogP contribution is -2.41. The molecule has 2 aromatic heterocycles. The van der Waals surface area contributed by atoms with E-state index in [1.165, 1.54) is 10.4 Å². The summed E-state index contributed by atoms with van der Waals surface area (Å²) in [7, 11) is -1.72. The number of hydrogen-bond acceptors (Lipinski definition) is 4. The standard InChI is InChI=1S/C16H23ClN2OSSi/c1-16(2,3)22(4,5)20-8-10-6-7-11-12(10)13-14(17)18-9-19-15(13)21-11/h9-10H,6-8H2,1-5H3/t10-/m1/s1. The highest BCUT2D eigenvalue weighted by atomic mass is 35.5. The smallest absolute Gasteiger partial charge is 0.192 e. The second-order valence-corrected chi connectivity index (χ2v) is 13.8. The van der Waals surface area contributed by atoms with Gasteiger partial charge in [-0.05, 0) is 36.5 Å². The predicted molar refractivity (Wildman–Crippen MR) is 96.6 cm³/mol. The van der Waals surface area contributed by atoms with Crippen LogP contribution in [0.15, 0.2) is 6.33 Å². The topological polar surface area (TPSA) is 35.0 Å². The van der Waals surface area contributed by atoms with Crippen LogP contribution in [0.3, 0.4) is 0 Å². The van der Waals surface area contributed by atoms with Gasteiger partial charge in [0.25, 0.3) is 0 Å². The van der Waals surface area contributed by atoms with Crippen molar-refractivity contribution in [2.45, 2.75) is 57.7 Å². The van der Waals surface area contributed by atoms with Gasteiger partial charge >= 0.3 is 0 Å². The number of rotatable bonds is 3. The first kappa shape index (κ1) is 16.4. The van der Waals surface area contributed by atoms with Gasteiger partial charge in [-0.15, -0.1) is 11.3 Å². The van der Waals surface area contributed by atoms with Crippen molar-refractivity contribution < 1.29 is 4.43 Å². The van der Waals surface area contributed by atoms with Crippen LogP contribution in [0.1, 0.15) is 43.6 Å². The van der Waals surface area contributed by atoms with Crippen LogP contribution in [0.4, 0.5) is 0 Å².